The van der Waals surface area contributed by atoms with Crippen LogP contribution in [0.15, 0.2) is 18.2 Å². The first-order valence-electron chi connectivity index (χ1n) is 8.41. The van der Waals surface area contributed by atoms with Crippen molar-refractivity contribution >= 4 is 23.5 Å². The van der Waals surface area contributed by atoms with Gasteiger partial charge in [-0.3, -0.25) is 9.89 Å². The molecule has 25 heavy (non-hydrogen) atoms. The van der Waals surface area contributed by atoms with E-state index in [1.807, 2.05) is 25.1 Å². The minimum atomic E-state index is -0.0354. The zero-order chi connectivity index (χ0) is 17.8. The summed E-state index contributed by atoms with van der Waals surface area (Å²) >= 11 is 1.58. The lowest BCUT2D eigenvalue weighted by Gasteiger charge is -2.18. The molecule has 7 heteroatoms. The first-order valence-corrected chi connectivity index (χ1v) is 9.46. The van der Waals surface area contributed by atoms with Crippen LogP contribution in [-0.4, -0.2) is 35.6 Å². The van der Waals surface area contributed by atoms with Crippen LogP contribution in [-0.2, 0) is 4.79 Å². The summed E-state index contributed by atoms with van der Waals surface area (Å²) < 4.78 is 11.3. The molecule has 0 aliphatic carbocycles. The van der Waals surface area contributed by atoms with Crippen molar-refractivity contribution in [3.8, 4) is 11.5 Å². The number of amides is 1. The predicted octanol–water partition coefficient (Wildman–Crippen LogP) is 3.68. The van der Waals surface area contributed by atoms with Crippen LogP contribution in [0.1, 0.15) is 41.8 Å². The molecule has 2 N–H and O–H groups in total. The van der Waals surface area contributed by atoms with Crippen molar-refractivity contribution in [1.29, 1.82) is 0 Å². The molecule has 1 aromatic carbocycles. The van der Waals surface area contributed by atoms with Crippen molar-refractivity contribution in [1.82, 2.24) is 10.2 Å². The van der Waals surface area contributed by atoms with Gasteiger partial charge in [-0.25, -0.2) is 0 Å². The second-order valence-electron chi connectivity index (χ2n) is 5.96. The van der Waals surface area contributed by atoms with Gasteiger partial charge in [-0.1, -0.05) is 19.4 Å². The largest absolute Gasteiger partial charge is 0.493 e. The van der Waals surface area contributed by atoms with Gasteiger partial charge < -0.3 is 14.8 Å². The molecule has 0 unspecified atom stereocenters. The Morgan fingerprint density at radius 1 is 1.36 bits per heavy atom. The number of carbonyl (C=O) groups excluding carboxylic acids is 1. The molecule has 1 aliphatic heterocycles. The third-order valence-electron chi connectivity index (χ3n) is 4.14. The van der Waals surface area contributed by atoms with E-state index in [2.05, 4.69) is 22.4 Å². The molecule has 6 nitrogen and oxygen atoms in total. The van der Waals surface area contributed by atoms with Gasteiger partial charge in [0.2, 0.25) is 5.91 Å². The minimum Gasteiger partial charge on any atom is -0.493 e. The Labute approximate surface area is 151 Å². The van der Waals surface area contributed by atoms with E-state index >= 15 is 0 Å². The number of thioether (sulfide) groups is 1. The normalized spacial score (nSPS) is 16.8. The smallest absolute Gasteiger partial charge is 0.235 e. The van der Waals surface area contributed by atoms with Gasteiger partial charge in [0, 0.05) is 11.3 Å². The quantitative estimate of drug-likeness (QED) is 0.768. The Morgan fingerprint density at radius 2 is 2.20 bits per heavy atom. The Bertz CT molecular complexity index is 760. The molecule has 2 aromatic rings. The molecule has 1 amide bonds. The zero-order valence-corrected chi connectivity index (χ0v) is 15.5. The summed E-state index contributed by atoms with van der Waals surface area (Å²) in [6, 6.07) is 5.97. The second kappa shape index (κ2) is 7.82. The van der Waals surface area contributed by atoms with E-state index in [0.29, 0.717) is 23.9 Å². The van der Waals surface area contributed by atoms with Crippen molar-refractivity contribution in [2.24, 2.45) is 0 Å². The third-order valence-corrected chi connectivity index (χ3v) is 5.41. The number of H-pyrrole nitrogens is 1. The highest BCUT2D eigenvalue weighted by Crippen LogP contribution is 2.44. The number of carbonyl (C=O) groups is 1. The number of hydrogen-bond acceptors (Lipinski definition) is 5. The molecule has 134 valence electrons. The van der Waals surface area contributed by atoms with Gasteiger partial charge in [0.25, 0.3) is 0 Å². The average molecular weight is 361 g/mol. The van der Waals surface area contributed by atoms with Gasteiger partial charge in [0.1, 0.15) is 0 Å². The molecule has 2 heterocycles. The number of nitrogens with one attached hydrogen (secondary N) is 2. The van der Waals surface area contributed by atoms with E-state index in [-0.39, 0.29) is 11.2 Å². The number of benzene rings is 1. The molecule has 0 spiro atoms. The number of anilines is 1. The molecule has 0 saturated heterocycles. The molecule has 0 radical (unpaired) electrons. The number of ether oxygens (including phenoxy) is 2. The van der Waals surface area contributed by atoms with Gasteiger partial charge in [0.05, 0.1) is 24.7 Å². The number of aromatic amines is 1. The van der Waals surface area contributed by atoms with E-state index in [1.165, 1.54) is 0 Å². The average Bonchev–Trinajstić information content (AvgIpc) is 2.87. The predicted molar refractivity (Wildman–Crippen MR) is 99.7 cm³/mol. The highest BCUT2D eigenvalue weighted by atomic mass is 32.2. The van der Waals surface area contributed by atoms with Crippen LogP contribution >= 0.6 is 11.8 Å². The van der Waals surface area contributed by atoms with Crippen molar-refractivity contribution in [3.05, 3.63) is 35.0 Å². The highest BCUT2D eigenvalue weighted by Gasteiger charge is 2.28. The monoisotopic (exact) mass is 361 g/mol. The fourth-order valence-electron chi connectivity index (χ4n) is 2.82. The summed E-state index contributed by atoms with van der Waals surface area (Å²) in [4.78, 5) is 11.9. The van der Waals surface area contributed by atoms with Gasteiger partial charge in [-0.05, 0) is 31.0 Å². The summed E-state index contributed by atoms with van der Waals surface area (Å²) in [7, 11) is 1.64. The number of hydrogen-bond donors (Lipinski definition) is 2. The first kappa shape index (κ1) is 17.7. The standard InChI is InChI=1S/C18H23N3O3S/c1-4-5-8-24-13-7-6-12(9-14(13)23-3)17-16-11(2)20-21-18(16)19-15(22)10-25-17/h6-7,9,17H,4-5,8,10H2,1-3H3,(H2,19,20,21,22)/t17-/m0/s1. The van der Waals surface area contributed by atoms with E-state index in [0.717, 1.165) is 35.4 Å². The summed E-state index contributed by atoms with van der Waals surface area (Å²) in [6.45, 7) is 4.78. The van der Waals surface area contributed by atoms with E-state index in [9.17, 15) is 4.79 Å². The Hall–Kier alpha value is -2.15. The van der Waals surface area contributed by atoms with Crippen LogP contribution in [0, 0.1) is 6.92 Å². The van der Waals surface area contributed by atoms with Crippen molar-refractivity contribution in [2.45, 2.75) is 31.9 Å². The fourth-order valence-corrected chi connectivity index (χ4v) is 4.00. The molecule has 3 rings (SSSR count). The Balaban J connectivity index is 1.93. The maximum atomic E-state index is 11.9. The van der Waals surface area contributed by atoms with Gasteiger partial charge >= 0.3 is 0 Å². The molecule has 0 saturated carbocycles. The van der Waals surface area contributed by atoms with Crippen LogP contribution in [0.5, 0.6) is 11.5 Å². The first-order chi connectivity index (χ1) is 12.1. The van der Waals surface area contributed by atoms with E-state index < -0.39 is 0 Å². The number of nitrogens with zero attached hydrogens (tertiary/aromatic N) is 1. The molecule has 0 bridgehead atoms. The second-order valence-corrected chi connectivity index (χ2v) is 7.06. The summed E-state index contributed by atoms with van der Waals surface area (Å²) in [5.41, 5.74) is 3.03. The van der Waals surface area contributed by atoms with Crippen LogP contribution in [0.2, 0.25) is 0 Å². The Morgan fingerprint density at radius 3 is 2.96 bits per heavy atom. The molecule has 1 aliphatic rings. The van der Waals surface area contributed by atoms with Crippen LogP contribution in [0.3, 0.4) is 0 Å². The molecular weight excluding hydrogens is 338 g/mol. The lowest BCUT2D eigenvalue weighted by Crippen LogP contribution is -2.12. The summed E-state index contributed by atoms with van der Waals surface area (Å²) in [5.74, 6) is 2.42. The topological polar surface area (TPSA) is 76.2 Å². The molecule has 0 fully saturated rings. The number of aromatic nitrogens is 2. The molecular formula is C18H23N3O3S. The third kappa shape index (κ3) is 3.76. The SMILES string of the molecule is CCCCOc1ccc([C@@H]2SCC(=O)Nc3n[nH]c(C)c32)cc1OC. The minimum absolute atomic E-state index is 0.00583. The van der Waals surface area contributed by atoms with Crippen molar-refractivity contribution < 1.29 is 14.3 Å². The Kier molecular flexibility index (Phi) is 5.53. The van der Waals surface area contributed by atoms with Gasteiger partial charge in [-0.2, -0.15) is 5.10 Å². The number of unbranched alkanes of at least 4 members (excludes halogenated alkanes) is 1. The zero-order valence-electron chi connectivity index (χ0n) is 14.7. The van der Waals surface area contributed by atoms with Gasteiger partial charge in [-0.15, -0.1) is 11.8 Å². The van der Waals surface area contributed by atoms with E-state index in [4.69, 9.17) is 9.47 Å². The summed E-state index contributed by atoms with van der Waals surface area (Å²) in [5, 5.41) is 10.1. The van der Waals surface area contributed by atoms with Crippen molar-refractivity contribution in [3.63, 3.8) is 0 Å². The van der Waals surface area contributed by atoms with Crippen LogP contribution in [0.4, 0.5) is 5.82 Å². The highest BCUT2D eigenvalue weighted by molar-refractivity contribution is 8.00. The lowest BCUT2D eigenvalue weighted by atomic mass is 10.0. The van der Waals surface area contributed by atoms with Crippen LogP contribution in [0.25, 0.3) is 0 Å². The lowest BCUT2D eigenvalue weighted by molar-refractivity contribution is -0.113. The van der Waals surface area contributed by atoms with Gasteiger partial charge in [0.15, 0.2) is 17.3 Å². The summed E-state index contributed by atoms with van der Waals surface area (Å²) in [6.07, 6.45) is 2.09. The number of rotatable bonds is 6. The molecule has 1 atom stereocenters. The number of aryl methyl sites for hydroxylation is 1. The number of methoxy groups -OCH3 is 1. The molecule has 1 aromatic heterocycles. The van der Waals surface area contributed by atoms with Crippen molar-refractivity contribution in [2.75, 3.05) is 24.8 Å². The fraction of sp³-hybridized carbons (Fsp3) is 0.444. The maximum Gasteiger partial charge on any atom is 0.235 e. The maximum absolute atomic E-state index is 11.9. The van der Waals surface area contributed by atoms with E-state index in [1.54, 1.807) is 18.9 Å². The number of fused-ring (bicyclic) bond motifs is 1. The van der Waals surface area contributed by atoms with Crippen LogP contribution < -0.4 is 14.8 Å².